The molecule has 0 bridgehead atoms. The maximum atomic E-state index is 13.0. The highest BCUT2D eigenvalue weighted by atomic mass is 16.5. The van der Waals surface area contributed by atoms with Gasteiger partial charge < -0.3 is 20.7 Å². The number of hydrogen-bond acceptors (Lipinski definition) is 5. The van der Waals surface area contributed by atoms with Gasteiger partial charge in [0.05, 0.1) is 6.10 Å². The van der Waals surface area contributed by atoms with Crippen molar-refractivity contribution < 1.29 is 14.3 Å². The Morgan fingerprint density at radius 1 is 1.03 bits per heavy atom. The third-order valence-electron chi connectivity index (χ3n) is 7.43. The number of rotatable bonds is 9. The summed E-state index contributed by atoms with van der Waals surface area (Å²) in [5.41, 5.74) is 5.58. The lowest BCUT2D eigenvalue weighted by Crippen LogP contribution is -2.47. The van der Waals surface area contributed by atoms with Gasteiger partial charge in [-0.25, -0.2) is 0 Å². The molecule has 2 saturated carbocycles. The van der Waals surface area contributed by atoms with E-state index >= 15 is 0 Å². The summed E-state index contributed by atoms with van der Waals surface area (Å²) < 4.78 is 5.97. The molecule has 2 amide bonds. The van der Waals surface area contributed by atoms with Crippen molar-refractivity contribution in [1.29, 1.82) is 0 Å². The van der Waals surface area contributed by atoms with Crippen LogP contribution in [0.2, 0.25) is 0 Å². The molecule has 4 aliphatic rings. The fourth-order valence-corrected chi connectivity index (χ4v) is 5.57. The lowest BCUT2D eigenvalue weighted by molar-refractivity contribution is -0.139. The quantitative estimate of drug-likeness (QED) is 0.590. The van der Waals surface area contributed by atoms with Crippen LogP contribution in [0.15, 0.2) is 0 Å². The van der Waals surface area contributed by atoms with Crippen LogP contribution in [0.3, 0.4) is 0 Å². The molecule has 2 aliphatic heterocycles. The normalized spacial score (nSPS) is 30.2. The minimum atomic E-state index is -0.354. The number of nitrogens with one attached hydrogen (secondary N) is 1. The van der Waals surface area contributed by atoms with Crippen LogP contribution in [0.25, 0.3) is 0 Å². The van der Waals surface area contributed by atoms with Crippen molar-refractivity contribution >= 4 is 11.8 Å². The summed E-state index contributed by atoms with van der Waals surface area (Å²) in [6, 6.07) is -0.111. The van der Waals surface area contributed by atoms with E-state index in [4.69, 9.17) is 10.5 Å². The number of carbonyl (C=O) groups is 2. The van der Waals surface area contributed by atoms with Gasteiger partial charge in [0.2, 0.25) is 11.8 Å². The number of hydrogen-bond donors (Lipinski definition) is 2. The Balaban J connectivity index is 1.46. The van der Waals surface area contributed by atoms with Gasteiger partial charge in [-0.2, -0.15) is 0 Å². The summed E-state index contributed by atoms with van der Waals surface area (Å²) in [7, 11) is 0. The molecule has 0 radical (unpaired) electrons. The van der Waals surface area contributed by atoms with E-state index in [1.54, 1.807) is 0 Å². The van der Waals surface area contributed by atoms with Crippen LogP contribution in [0.1, 0.15) is 64.2 Å². The lowest BCUT2D eigenvalue weighted by atomic mass is 9.88. The number of nitrogens with two attached hydrogens (primary N) is 1. The molecule has 3 N–H and O–H groups in total. The summed E-state index contributed by atoms with van der Waals surface area (Å²) in [6.07, 6.45) is 11.9. The van der Waals surface area contributed by atoms with E-state index in [2.05, 4.69) is 10.2 Å². The summed E-state index contributed by atoms with van der Waals surface area (Å²) in [6.45, 7) is 4.44. The van der Waals surface area contributed by atoms with Crippen molar-refractivity contribution in [2.75, 3.05) is 39.3 Å². The largest absolute Gasteiger partial charge is 0.377 e. The third-order valence-corrected chi connectivity index (χ3v) is 7.43. The minimum absolute atomic E-state index is 0.0355. The Bertz CT molecular complexity index is 585. The van der Waals surface area contributed by atoms with Gasteiger partial charge in [0.1, 0.15) is 6.04 Å². The van der Waals surface area contributed by atoms with Crippen LogP contribution in [0, 0.1) is 11.8 Å². The first kappa shape index (κ1) is 22.0. The van der Waals surface area contributed by atoms with Crippen LogP contribution in [0.5, 0.6) is 0 Å². The molecular formula is C23H40N4O3. The molecule has 2 saturated heterocycles. The number of likely N-dealkylation sites (tertiary alicyclic amines) is 1. The second-order valence-electron chi connectivity index (χ2n) is 9.84. The Hall–Kier alpha value is -1.18. The smallest absolute Gasteiger partial charge is 0.242 e. The molecule has 3 atom stereocenters. The summed E-state index contributed by atoms with van der Waals surface area (Å²) in [4.78, 5) is 30.3. The highest BCUT2D eigenvalue weighted by molar-refractivity contribution is 5.90. The van der Waals surface area contributed by atoms with Gasteiger partial charge in [0, 0.05) is 51.3 Å². The molecule has 2 aliphatic carbocycles. The van der Waals surface area contributed by atoms with Crippen molar-refractivity contribution in [3.8, 4) is 0 Å². The molecule has 0 spiro atoms. The van der Waals surface area contributed by atoms with Crippen LogP contribution >= 0.6 is 0 Å². The monoisotopic (exact) mass is 420 g/mol. The Labute approximate surface area is 181 Å². The zero-order chi connectivity index (χ0) is 20.9. The lowest BCUT2D eigenvalue weighted by Gasteiger charge is -2.35. The van der Waals surface area contributed by atoms with E-state index in [9.17, 15) is 9.59 Å². The number of ether oxygens (including phenoxy) is 1. The second kappa shape index (κ2) is 10.4. The maximum Gasteiger partial charge on any atom is 0.242 e. The fourth-order valence-electron chi connectivity index (χ4n) is 5.57. The zero-order valence-electron chi connectivity index (χ0n) is 18.4. The van der Waals surface area contributed by atoms with Gasteiger partial charge in [-0.05, 0) is 50.9 Å². The van der Waals surface area contributed by atoms with Gasteiger partial charge in [0.25, 0.3) is 0 Å². The van der Waals surface area contributed by atoms with Crippen molar-refractivity contribution in [2.24, 2.45) is 17.6 Å². The molecule has 0 aromatic carbocycles. The Morgan fingerprint density at radius 2 is 1.83 bits per heavy atom. The predicted molar refractivity (Wildman–Crippen MR) is 116 cm³/mol. The van der Waals surface area contributed by atoms with Gasteiger partial charge in [-0.3, -0.25) is 14.5 Å². The molecule has 30 heavy (non-hydrogen) atoms. The first-order chi connectivity index (χ1) is 14.7. The summed E-state index contributed by atoms with van der Waals surface area (Å²) in [5, 5.41) is 2.93. The molecule has 4 rings (SSSR count). The first-order valence-corrected chi connectivity index (χ1v) is 12.3. The standard InChI is InChI=1S/C23H40N4O3/c24-10-11-25-22(28)21-13-19(15-27(21)23(29)18-8-9-18)26(16-20-7-4-12-30-20)14-17-5-2-1-3-6-17/h17-21H,1-16,24H2,(H,25,28). The topological polar surface area (TPSA) is 87.9 Å². The van der Waals surface area contributed by atoms with E-state index in [-0.39, 0.29) is 29.8 Å². The molecule has 0 aromatic heterocycles. The van der Waals surface area contributed by atoms with Gasteiger partial charge in [-0.1, -0.05) is 19.3 Å². The zero-order valence-corrected chi connectivity index (χ0v) is 18.4. The average molecular weight is 421 g/mol. The number of carbonyl (C=O) groups excluding carboxylic acids is 2. The molecule has 2 heterocycles. The Kier molecular flexibility index (Phi) is 7.65. The highest BCUT2D eigenvalue weighted by Gasteiger charge is 2.46. The predicted octanol–water partition coefficient (Wildman–Crippen LogP) is 1.50. The Morgan fingerprint density at radius 3 is 2.50 bits per heavy atom. The molecule has 4 fully saturated rings. The second-order valence-corrected chi connectivity index (χ2v) is 9.84. The average Bonchev–Trinajstić information content (AvgIpc) is 3.30. The van der Waals surface area contributed by atoms with E-state index < -0.39 is 0 Å². The molecule has 170 valence electrons. The molecule has 7 heteroatoms. The molecule has 3 unspecified atom stereocenters. The number of nitrogens with zero attached hydrogens (tertiary/aromatic N) is 2. The van der Waals surface area contributed by atoms with Gasteiger partial charge >= 0.3 is 0 Å². The van der Waals surface area contributed by atoms with Crippen molar-refractivity contribution in [1.82, 2.24) is 15.1 Å². The molecular weight excluding hydrogens is 380 g/mol. The van der Waals surface area contributed by atoms with E-state index in [0.29, 0.717) is 25.7 Å². The number of amides is 2. The van der Waals surface area contributed by atoms with Crippen LogP contribution in [-0.4, -0.2) is 79.1 Å². The van der Waals surface area contributed by atoms with Crippen molar-refractivity contribution in [2.45, 2.75) is 82.4 Å². The van der Waals surface area contributed by atoms with Crippen LogP contribution in [0.4, 0.5) is 0 Å². The van der Waals surface area contributed by atoms with Crippen LogP contribution in [-0.2, 0) is 14.3 Å². The van der Waals surface area contributed by atoms with Crippen molar-refractivity contribution in [3.05, 3.63) is 0 Å². The third kappa shape index (κ3) is 5.54. The molecule has 7 nitrogen and oxygen atoms in total. The van der Waals surface area contributed by atoms with E-state index in [0.717, 1.165) is 57.7 Å². The fraction of sp³-hybridized carbons (Fsp3) is 0.913. The van der Waals surface area contributed by atoms with E-state index in [1.165, 1.54) is 32.1 Å². The van der Waals surface area contributed by atoms with Gasteiger partial charge in [-0.15, -0.1) is 0 Å². The van der Waals surface area contributed by atoms with Gasteiger partial charge in [0.15, 0.2) is 0 Å². The van der Waals surface area contributed by atoms with Crippen molar-refractivity contribution in [3.63, 3.8) is 0 Å². The summed E-state index contributed by atoms with van der Waals surface area (Å²) in [5.74, 6) is 1.02. The first-order valence-electron chi connectivity index (χ1n) is 12.3. The van der Waals surface area contributed by atoms with E-state index in [1.807, 2.05) is 4.90 Å². The SMILES string of the molecule is NCCNC(=O)C1CC(N(CC2CCCCC2)CC2CCCO2)CN1C(=O)C1CC1. The summed E-state index contributed by atoms with van der Waals surface area (Å²) >= 11 is 0. The highest BCUT2D eigenvalue weighted by Crippen LogP contribution is 2.35. The molecule has 0 aromatic rings. The van der Waals surface area contributed by atoms with Crippen LogP contribution < -0.4 is 11.1 Å². The minimum Gasteiger partial charge on any atom is -0.377 e. The maximum absolute atomic E-state index is 13.0.